The highest BCUT2D eigenvalue weighted by Gasteiger charge is 2.24. The standard InChI is InChI=1S/C12H17N/c1-2-9-7-8-10-5-3-4-6-11(10)12(9)13/h3-6,9,12H,2,7-8,13H2,1H3. The van der Waals surface area contributed by atoms with Crippen LogP contribution in [-0.2, 0) is 6.42 Å². The lowest BCUT2D eigenvalue weighted by Gasteiger charge is -2.30. The third kappa shape index (κ3) is 1.49. The zero-order valence-corrected chi connectivity index (χ0v) is 8.16. The zero-order chi connectivity index (χ0) is 9.26. The molecule has 0 aromatic heterocycles. The summed E-state index contributed by atoms with van der Waals surface area (Å²) >= 11 is 0. The van der Waals surface area contributed by atoms with Gasteiger partial charge >= 0.3 is 0 Å². The molecule has 0 amide bonds. The fourth-order valence-electron chi connectivity index (χ4n) is 2.32. The molecule has 0 fully saturated rings. The Balaban J connectivity index is 2.33. The Hall–Kier alpha value is -0.820. The van der Waals surface area contributed by atoms with E-state index in [4.69, 9.17) is 5.73 Å². The van der Waals surface area contributed by atoms with Crippen molar-refractivity contribution in [1.29, 1.82) is 0 Å². The third-order valence-electron chi connectivity index (χ3n) is 3.23. The second-order valence-corrected chi connectivity index (χ2v) is 3.93. The number of nitrogens with two attached hydrogens (primary N) is 1. The van der Waals surface area contributed by atoms with E-state index >= 15 is 0 Å². The van der Waals surface area contributed by atoms with Crippen LogP contribution < -0.4 is 5.73 Å². The molecule has 1 aromatic carbocycles. The maximum absolute atomic E-state index is 6.20. The SMILES string of the molecule is CCC1CCc2ccccc2C1N. The van der Waals surface area contributed by atoms with E-state index in [9.17, 15) is 0 Å². The van der Waals surface area contributed by atoms with E-state index in [1.807, 2.05) is 0 Å². The Morgan fingerprint density at radius 1 is 1.38 bits per heavy atom. The van der Waals surface area contributed by atoms with Gasteiger partial charge in [-0.3, -0.25) is 0 Å². The lowest BCUT2D eigenvalue weighted by atomic mass is 9.79. The summed E-state index contributed by atoms with van der Waals surface area (Å²) in [7, 11) is 0. The smallest absolute Gasteiger partial charge is 0.0326 e. The molecule has 0 saturated carbocycles. The average molecular weight is 175 g/mol. The van der Waals surface area contributed by atoms with Gasteiger partial charge in [0.05, 0.1) is 0 Å². The molecule has 1 heteroatoms. The highest BCUT2D eigenvalue weighted by atomic mass is 14.7. The molecular weight excluding hydrogens is 158 g/mol. The van der Waals surface area contributed by atoms with Crippen LogP contribution in [0.15, 0.2) is 24.3 Å². The fraction of sp³-hybridized carbons (Fsp3) is 0.500. The van der Waals surface area contributed by atoms with Gasteiger partial charge in [-0.25, -0.2) is 0 Å². The van der Waals surface area contributed by atoms with Crippen molar-refractivity contribution in [2.45, 2.75) is 32.2 Å². The minimum absolute atomic E-state index is 0.273. The Labute approximate surface area is 80.0 Å². The number of aryl methyl sites for hydroxylation is 1. The van der Waals surface area contributed by atoms with E-state index < -0.39 is 0 Å². The van der Waals surface area contributed by atoms with E-state index in [1.165, 1.54) is 30.4 Å². The van der Waals surface area contributed by atoms with Gasteiger partial charge in [0.15, 0.2) is 0 Å². The molecule has 0 radical (unpaired) electrons. The van der Waals surface area contributed by atoms with Gasteiger partial charge < -0.3 is 5.73 Å². The van der Waals surface area contributed by atoms with E-state index in [0.29, 0.717) is 5.92 Å². The van der Waals surface area contributed by atoms with Gasteiger partial charge in [0.2, 0.25) is 0 Å². The van der Waals surface area contributed by atoms with Gasteiger partial charge in [-0.2, -0.15) is 0 Å². The van der Waals surface area contributed by atoms with Crippen molar-refractivity contribution in [3.8, 4) is 0 Å². The Morgan fingerprint density at radius 3 is 2.92 bits per heavy atom. The van der Waals surface area contributed by atoms with Crippen LogP contribution in [0.25, 0.3) is 0 Å². The van der Waals surface area contributed by atoms with E-state index in [2.05, 4.69) is 31.2 Å². The summed E-state index contributed by atoms with van der Waals surface area (Å²) in [6.07, 6.45) is 3.67. The van der Waals surface area contributed by atoms with Crippen LogP contribution in [0, 0.1) is 5.92 Å². The molecule has 2 unspecified atom stereocenters. The van der Waals surface area contributed by atoms with Crippen LogP contribution in [0.4, 0.5) is 0 Å². The van der Waals surface area contributed by atoms with Crippen LogP contribution in [0.3, 0.4) is 0 Å². The van der Waals surface area contributed by atoms with Crippen LogP contribution in [0.5, 0.6) is 0 Å². The summed E-state index contributed by atoms with van der Waals surface area (Å²) in [6, 6.07) is 8.87. The maximum atomic E-state index is 6.20. The number of fused-ring (bicyclic) bond motifs is 1. The van der Waals surface area contributed by atoms with E-state index in [0.717, 1.165) is 0 Å². The highest BCUT2D eigenvalue weighted by Crippen LogP contribution is 2.33. The second kappa shape index (κ2) is 3.51. The van der Waals surface area contributed by atoms with Crippen molar-refractivity contribution in [3.63, 3.8) is 0 Å². The van der Waals surface area contributed by atoms with Crippen molar-refractivity contribution >= 4 is 0 Å². The van der Waals surface area contributed by atoms with Crippen molar-refractivity contribution in [3.05, 3.63) is 35.4 Å². The molecule has 0 heterocycles. The summed E-state index contributed by atoms with van der Waals surface area (Å²) < 4.78 is 0. The van der Waals surface area contributed by atoms with Gasteiger partial charge in [-0.05, 0) is 29.9 Å². The van der Waals surface area contributed by atoms with Gasteiger partial charge in [0.1, 0.15) is 0 Å². The molecule has 70 valence electrons. The topological polar surface area (TPSA) is 26.0 Å². The molecule has 1 nitrogen and oxygen atoms in total. The summed E-state index contributed by atoms with van der Waals surface area (Å²) in [4.78, 5) is 0. The first-order valence-corrected chi connectivity index (χ1v) is 5.16. The molecule has 0 bridgehead atoms. The number of rotatable bonds is 1. The predicted octanol–water partition coefficient (Wildman–Crippen LogP) is 2.66. The minimum atomic E-state index is 0.273. The first-order valence-electron chi connectivity index (χ1n) is 5.16. The lowest BCUT2D eigenvalue weighted by Crippen LogP contribution is -2.26. The van der Waals surface area contributed by atoms with Crippen LogP contribution in [0.2, 0.25) is 0 Å². The first-order chi connectivity index (χ1) is 6.33. The van der Waals surface area contributed by atoms with E-state index in [1.54, 1.807) is 0 Å². The zero-order valence-electron chi connectivity index (χ0n) is 8.16. The molecule has 0 spiro atoms. The maximum Gasteiger partial charge on any atom is 0.0326 e. The molecule has 1 aliphatic rings. The molecule has 2 atom stereocenters. The Kier molecular flexibility index (Phi) is 2.36. The lowest BCUT2D eigenvalue weighted by molar-refractivity contribution is 0.368. The fourth-order valence-corrected chi connectivity index (χ4v) is 2.32. The van der Waals surface area contributed by atoms with Crippen LogP contribution in [-0.4, -0.2) is 0 Å². The summed E-state index contributed by atoms with van der Waals surface area (Å²) in [5, 5.41) is 0. The molecule has 2 rings (SSSR count). The van der Waals surface area contributed by atoms with Crippen molar-refractivity contribution in [2.24, 2.45) is 11.7 Å². The quantitative estimate of drug-likeness (QED) is 0.697. The summed E-state index contributed by atoms with van der Waals surface area (Å²) in [5.74, 6) is 0.690. The van der Waals surface area contributed by atoms with Gasteiger partial charge in [-0.1, -0.05) is 37.6 Å². The molecule has 1 aromatic rings. The van der Waals surface area contributed by atoms with Gasteiger partial charge in [0.25, 0.3) is 0 Å². The summed E-state index contributed by atoms with van der Waals surface area (Å²) in [5.41, 5.74) is 9.03. The first kappa shape index (κ1) is 8.76. The van der Waals surface area contributed by atoms with Gasteiger partial charge in [0, 0.05) is 6.04 Å². The number of benzene rings is 1. The van der Waals surface area contributed by atoms with Crippen molar-refractivity contribution in [1.82, 2.24) is 0 Å². The average Bonchev–Trinajstić information content (AvgIpc) is 2.19. The van der Waals surface area contributed by atoms with E-state index in [-0.39, 0.29) is 6.04 Å². The van der Waals surface area contributed by atoms with Crippen molar-refractivity contribution in [2.75, 3.05) is 0 Å². The summed E-state index contributed by atoms with van der Waals surface area (Å²) in [6.45, 7) is 2.23. The Morgan fingerprint density at radius 2 is 2.15 bits per heavy atom. The Bertz CT molecular complexity index is 293. The molecule has 13 heavy (non-hydrogen) atoms. The van der Waals surface area contributed by atoms with Crippen molar-refractivity contribution < 1.29 is 0 Å². The molecular formula is C12H17N. The molecule has 1 aliphatic carbocycles. The molecule has 0 saturated heterocycles. The van der Waals surface area contributed by atoms with Crippen LogP contribution >= 0.6 is 0 Å². The third-order valence-corrected chi connectivity index (χ3v) is 3.23. The second-order valence-electron chi connectivity index (χ2n) is 3.93. The monoisotopic (exact) mass is 175 g/mol. The predicted molar refractivity (Wildman–Crippen MR) is 55.5 cm³/mol. The van der Waals surface area contributed by atoms with Crippen LogP contribution in [0.1, 0.15) is 36.9 Å². The normalized spacial score (nSPS) is 26.9. The number of hydrogen-bond donors (Lipinski definition) is 1. The largest absolute Gasteiger partial charge is 0.324 e. The minimum Gasteiger partial charge on any atom is -0.324 e. The van der Waals surface area contributed by atoms with Gasteiger partial charge in [-0.15, -0.1) is 0 Å². The molecule has 0 aliphatic heterocycles. The molecule has 2 N–H and O–H groups in total. The number of hydrogen-bond acceptors (Lipinski definition) is 1. The highest BCUT2D eigenvalue weighted by molar-refractivity contribution is 5.32.